The summed E-state index contributed by atoms with van der Waals surface area (Å²) in [6.07, 6.45) is 2.18. The van der Waals surface area contributed by atoms with Crippen LogP contribution >= 0.6 is 0 Å². The maximum atomic E-state index is 12.1. The van der Waals surface area contributed by atoms with Crippen molar-refractivity contribution in [3.8, 4) is 11.8 Å². The van der Waals surface area contributed by atoms with Gasteiger partial charge in [0.05, 0.1) is 12.1 Å². The van der Waals surface area contributed by atoms with E-state index in [-0.39, 0.29) is 24.1 Å². The number of nitrogens with zero attached hydrogens (tertiary/aromatic N) is 5. The van der Waals surface area contributed by atoms with Crippen LogP contribution in [0.5, 0.6) is 5.75 Å². The fraction of sp³-hybridized carbons (Fsp3) is 0.529. The van der Waals surface area contributed by atoms with Gasteiger partial charge in [0.25, 0.3) is 0 Å². The van der Waals surface area contributed by atoms with Gasteiger partial charge in [-0.25, -0.2) is 4.99 Å². The van der Waals surface area contributed by atoms with Crippen LogP contribution < -0.4 is 0 Å². The first-order chi connectivity index (χ1) is 11.9. The minimum absolute atomic E-state index is 0.0158. The van der Waals surface area contributed by atoms with Crippen molar-refractivity contribution in [3.63, 3.8) is 0 Å². The lowest BCUT2D eigenvalue weighted by Gasteiger charge is -2.42. The van der Waals surface area contributed by atoms with Gasteiger partial charge in [-0.1, -0.05) is 6.92 Å². The smallest absolute Gasteiger partial charge is 0.236 e. The molecule has 134 valence electrons. The molecule has 25 heavy (non-hydrogen) atoms. The molecule has 1 aliphatic heterocycles. The summed E-state index contributed by atoms with van der Waals surface area (Å²) >= 11 is 0. The summed E-state index contributed by atoms with van der Waals surface area (Å²) < 4.78 is 0. The molecule has 0 aliphatic carbocycles. The van der Waals surface area contributed by atoms with E-state index in [4.69, 9.17) is 5.26 Å². The first kappa shape index (κ1) is 18.5. The van der Waals surface area contributed by atoms with Crippen molar-refractivity contribution in [2.75, 3.05) is 27.2 Å². The molecule has 2 N–H and O–H groups in total. The van der Waals surface area contributed by atoms with Gasteiger partial charge >= 0.3 is 0 Å². The van der Waals surface area contributed by atoms with Gasteiger partial charge in [0.15, 0.2) is 0 Å². The van der Waals surface area contributed by atoms with E-state index >= 15 is 0 Å². The van der Waals surface area contributed by atoms with Crippen molar-refractivity contribution in [1.82, 2.24) is 14.8 Å². The van der Waals surface area contributed by atoms with E-state index in [1.807, 2.05) is 18.0 Å². The number of nitriles is 1. The second-order valence-corrected chi connectivity index (χ2v) is 6.22. The lowest BCUT2D eigenvalue weighted by Crippen LogP contribution is -2.54. The number of aromatic nitrogens is 1. The van der Waals surface area contributed by atoms with Crippen LogP contribution in [0, 0.1) is 17.2 Å². The van der Waals surface area contributed by atoms with Crippen molar-refractivity contribution in [2.45, 2.75) is 25.8 Å². The molecule has 0 saturated carbocycles. The van der Waals surface area contributed by atoms with Gasteiger partial charge in [0.2, 0.25) is 5.91 Å². The molecule has 1 saturated heterocycles. The number of H-pyrrole nitrogens is 1. The number of carbonyl (C=O) groups is 1. The summed E-state index contributed by atoms with van der Waals surface area (Å²) in [5.41, 5.74) is 0.493. The van der Waals surface area contributed by atoms with Gasteiger partial charge in [-0.3, -0.25) is 9.79 Å². The highest BCUT2D eigenvalue weighted by molar-refractivity contribution is 6.05. The summed E-state index contributed by atoms with van der Waals surface area (Å²) in [6.45, 7) is 6.81. The van der Waals surface area contributed by atoms with Crippen LogP contribution in [-0.4, -0.2) is 71.6 Å². The molecule has 2 heterocycles. The number of aromatic hydroxyl groups is 1. The molecule has 2 unspecified atom stereocenters. The van der Waals surface area contributed by atoms with Gasteiger partial charge in [-0.2, -0.15) is 5.26 Å². The maximum absolute atomic E-state index is 12.1. The van der Waals surface area contributed by atoms with Crippen molar-refractivity contribution in [3.05, 3.63) is 11.8 Å². The van der Waals surface area contributed by atoms with Gasteiger partial charge in [-0.05, 0) is 19.1 Å². The summed E-state index contributed by atoms with van der Waals surface area (Å²) in [7, 11) is 3.54. The largest absolute Gasteiger partial charge is 0.506 e. The Kier molecular flexibility index (Phi) is 5.80. The molecule has 1 aromatic heterocycles. The topological polar surface area (TPSA) is 108 Å². The maximum Gasteiger partial charge on any atom is 0.236 e. The van der Waals surface area contributed by atoms with E-state index in [2.05, 4.69) is 28.6 Å². The molecule has 2 atom stereocenters. The van der Waals surface area contributed by atoms with Crippen molar-refractivity contribution in [1.29, 1.82) is 5.26 Å². The van der Waals surface area contributed by atoms with E-state index in [0.29, 0.717) is 36.2 Å². The van der Waals surface area contributed by atoms with Gasteiger partial charge in [0, 0.05) is 33.4 Å². The fourth-order valence-corrected chi connectivity index (χ4v) is 3.31. The average Bonchev–Trinajstić information content (AvgIpc) is 2.97. The van der Waals surface area contributed by atoms with Gasteiger partial charge in [-0.15, -0.1) is 0 Å². The Hall–Kier alpha value is -2.82. The zero-order valence-electron chi connectivity index (χ0n) is 14.9. The molecule has 1 aliphatic rings. The number of aliphatic imine (C=N–C) groups is 2. The van der Waals surface area contributed by atoms with Crippen molar-refractivity contribution < 1.29 is 9.90 Å². The lowest BCUT2D eigenvalue weighted by molar-refractivity contribution is -0.132. The first-order valence-electron chi connectivity index (χ1n) is 8.16. The van der Waals surface area contributed by atoms with Crippen LogP contribution in [0.4, 0.5) is 5.82 Å². The Bertz CT molecular complexity index is 717. The van der Waals surface area contributed by atoms with E-state index in [9.17, 15) is 9.90 Å². The third-order valence-electron chi connectivity index (χ3n) is 4.77. The van der Waals surface area contributed by atoms with Gasteiger partial charge in [0.1, 0.15) is 29.4 Å². The minimum Gasteiger partial charge on any atom is -0.506 e. The molecule has 8 heteroatoms. The third-order valence-corrected chi connectivity index (χ3v) is 4.77. The quantitative estimate of drug-likeness (QED) is 0.637. The standard InChI is InChI=1S/C17H24N6O2/c1-11-6-8-23(14(25)5-7-18)10-12(11)22(4)17(20-3)15-13(24)9-21-16(15)19-2/h9,11-12,21,24H,2,5-6,8,10H2,1,3-4H3. The number of carbonyl (C=O) groups excluding carboxylic acids is 1. The highest BCUT2D eigenvalue weighted by Gasteiger charge is 2.34. The van der Waals surface area contributed by atoms with Crippen LogP contribution in [0.2, 0.25) is 0 Å². The molecule has 2 rings (SSSR count). The Labute approximate surface area is 147 Å². The molecule has 8 nitrogen and oxygen atoms in total. The van der Waals surface area contributed by atoms with Crippen LogP contribution in [0.3, 0.4) is 0 Å². The minimum atomic E-state index is -0.152. The second kappa shape index (κ2) is 7.83. The van der Waals surface area contributed by atoms with Gasteiger partial charge < -0.3 is 19.9 Å². The zero-order valence-corrected chi connectivity index (χ0v) is 14.9. The number of amidine groups is 1. The monoisotopic (exact) mass is 344 g/mol. The normalized spacial score (nSPS) is 20.9. The molecule has 0 aromatic carbocycles. The molecule has 0 bridgehead atoms. The van der Waals surface area contributed by atoms with E-state index < -0.39 is 0 Å². The number of hydrogen-bond acceptors (Lipinski definition) is 5. The predicted octanol–water partition coefficient (Wildman–Crippen LogP) is 1.51. The summed E-state index contributed by atoms with van der Waals surface area (Å²) in [4.78, 5) is 26.9. The van der Waals surface area contributed by atoms with Crippen LogP contribution in [0.1, 0.15) is 25.3 Å². The summed E-state index contributed by atoms with van der Waals surface area (Å²) in [5, 5.41) is 18.9. The number of likely N-dealkylation sites (tertiary alicyclic amines) is 1. The van der Waals surface area contributed by atoms with Crippen LogP contribution in [0.25, 0.3) is 0 Å². The Balaban J connectivity index is 2.28. The number of amides is 1. The first-order valence-corrected chi connectivity index (χ1v) is 8.16. The molecule has 1 aromatic rings. The van der Waals surface area contributed by atoms with Crippen LogP contribution in [-0.2, 0) is 4.79 Å². The number of nitrogens with one attached hydrogen (secondary N) is 1. The van der Waals surface area contributed by atoms with E-state index in [1.54, 1.807) is 11.9 Å². The number of rotatable bonds is 4. The number of hydrogen-bond donors (Lipinski definition) is 2. The zero-order chi connectivity index (χ0) is 18.6. The predicted molar refractivity (Wildman–Crippen MR) is 96.3 cm³/mol. The second-order valence-electron chi connectivity index (χ2n) is 6.22. The number of likely N-dealkylation sites (N-methyl/N-ethyl adjacent to an activating group) is 1. The summed E-state index contributed by atoms with van der Waals surface area (Å²) in [6, 6.07) is 1.93. The Morgan fingerprint density at radius 2 is 2.36 bits per heavy atom. The third kappa shape index (κ3) is 3.65. The molecular weight excluding hydrogens is 320 g/mol. The molecular formula is C17H24N6O2. The number of aromatic amines is 1. The Morgan fingerprint density at radius 1 is 1.64 bits per heavy atom. The molecule has 1 fully saturated rings. The molecule has 0 radical (unpaired) electrons. The SMILES string of the molecule is C=Nc1[nH]cc(O)c1C(=NC)N(C)C1CN(C(=O)CC#N)CCC1C. The van der Waals surface area contributed by atoms with E-state index in [0.717, 1.165) is 6.42 Å². The Morgan fingerprint density at radius 3 is 2.96 bits per heavy atom. The molecule has 1 amide bonds. The number of piperidine rings is 1. The average molecular weight is 344 g/mol. The fourth-order valence-electron chi connectivity index (χ4n) is 3.31. The highest BCUT2D eigenvalue weighted by atomic mass is 16.3. The molecule has 0 spiro atoms. The van der Waals surface area contributed by atoms with Crippen molar-refractivity contribution in [2.24, 2.45) is 15.9 Å². The van der Waals surface area contributed by atoms with Crippen LogP contribution in [0.15, 0.2) is 16.2 Å². The van der Waals surface area contributed by atoms with Crippen molar-refractivity contribution >= 4 is 24.3 Å². The van der Waals surface area contributed by atoms with E-state index in [1.165, 1.54) is 6.20 Å². The summed E-state index contributed by atoms with van der Waals surface area (Å²) in [5.74, 6) is 1.25. The lowest BCUT2D eigenvalue weighted by atomic mass is 9.91. The highest BCUT2D eigenvalue weighted by Crippen LogP contribution is 2.31.